The molecule has 0 bridgehead atoms. The second kappa shape index (κ2) is 5.79. The van der Waals surface area contributed by atoms with Crippen molar-refractivity contribution in [1.29, 1.82) is 0 Å². The monoisotopic (exact) mass is 359 g/mol. The molecule has 0 radical (unpaired) electrons. The first-order valence-corrected chi connectivity index (χ1v) is 7.89. The molecule has 1 aromatic carbocycles. The van der Waals surface area contributed by atoms with Gasteiger partial charge in [0.05, 0.1) is 11.9 Å². The van der Waals surface area contributed by atoms with E-state index in [4.69, 9.17) is 0 Å². The Morgan fingerprint density at radius 3 is 2.35 bits per heavy atom. The summed E-state index contributed by atoms with van der Waals surface area (Å²) in [4.78, 5) is 7.79. The molecule has 1 N–H and O–H groups in total. The third-order valence-electron chi connectivity index (χ3n) is 4.69. The quantitative estimate of drug-likeness (QED) is 0.670. The van der Waals surface area contributed by atoms with Crippen LogP contribution >= 0.6 is 0 Å². The maximum Gasteiger partial charge on any atom is 0.402 e. The fraction of sp³-hybridized carbons (Fsp3) is 0.158. The van der Waals surface area contributed by atoms with Crippen molar-refractivity contribution in [3.63, 3.8) is 0 Å². The van der Waals surface area contributed by atoms with Gasteiger partial charge in [-0.1, -0.05) is 0 Å². The summed E-state index contributed by atoms with van der Waals surface area (Å²) in [6.45, 7) is 0. The minimum Gasteiger partial charge on any atom is -0.354 e. The Morgan fingerprint density at radius 1 is 0.885 bits per heavy atom. The van der Waals surface area contributed by atoms with Gasteiger partial charge in [0.25, 0.3) is 0 Å². The van der Waals surface area contributed by atoms with Gasteiger partial charge < -0.3 is 5.32 Å². The van der Waals surface area contributed by atoms with Crippen molar-refractivity contribution in [2.45, 2.75) is 18.0 Å². The van der Waals surface area contributed by atoms with Crippen LogP contribution in [0.4, 0.5) is 28.9 Å². The molecular formula is C19H13F4N3. The summed E-state index contributed by atoms with van der Waals surface area (Å²) in [6, 6.07) is 7.84. The van der Waals surface area contributed by atoms with Gasteiger partial charge in [-0.15, -0.1) is 0 Å². The highest BCUT2D eigenvalue weighted by Gasteiger charge is 2.60. The Morgan fingerprint density at radius 2 is 1.62 bits per heavy atom. The predicted octanol–water partition coefficient (Wildman–Crippen LogP) is 4.76. The molecule has 0 spiro atoms. The van der Waals surface area contributed by atoms with Gasteiger partial charge in [-0.05, 0) is 59.5 Å². The molecule has 1 aliphatic heterocycles. The summed E-state index contributed by atoms with van der Waals surface area (Å²) in [5.74, 6) is -0.716. The molecule has 0 amide bonds. The molecule has 2 aromatic heterocycles. The number of alkyl halides is 3. The zero-order valence-corrected chi connectivity index (χ0v) is 13.4. The Hall–Kier alpha value is -2.96. The summed E-state index contributed by atoms with van der Waals surface area (Å²) >= 11 is 0. The number of anilines is 2. The molecule has 0 saturated heterocycles. The van der Waals surface area contributed by atoms with Gasteiger partial charge in [0.1, 0.15) is 11.2 Å². The lowest BCUT2D eigenvalue weighted by Gasteiger charge is -2.42. The fourth-order valence-electron chi connectivity index (χ4n) is 3.54. The summed E-state index contributed by atoms with van der Waals surface area (Å²) in [7, 11) is 0. The molecule has 26 heavy (non-hydrogen) atoms. The molecular weight excluding hydrogens is 346 g/mol. The van der Waals surface area contributed by atoms with Crippen molar-refractivity contribution in [2.24, 2.45) is 0 Å². The minimum absolute atomic E-state index is 0.0231. The van der Waals surface area contributed by atoms with E-state index in [1.54, 1.807) is 0 Å². The number of aromatic nitrogens is 2. The van der Waals surface area contributed by atoms with Crippen LogP contribution in [0.3, 0.4) is 0 Å². The number of hydrogen-bond acceptors (Lipinski definition) is 3. The van der Waals surface area contributed by atoms with Gasteiger partial charge in [0, 0.05) is 24.3 Å². The topological polar surface area (TPSA) is 37.8 Å². The van der Waals surface area contributed by atoms with Crippen LogP contribution in [0, 0.1) is 5.82 Å². The number of benzene rings is 1. The van der Waals surface area contributed by atoms with Crippen LogP contribution in [0.1, 0.15) is 16.7 Å². The van der Waals surface area contributed by atoms with Crippen molar-refractivity contribution in [2.75, 3.05) is 5.32 Å². The molecule has 1 aliphatic rings. The normalized spacial score (nSPS) is 18.6. The average molecular weight is 359 g/mol. The van der Waals surface area contributed by atoms with Crippen molar-refractivity contribution in [3.8, 4) is 0 Å². The smallest absolute Gasteiger partial charge is 0.354 e. The number of rotatable bonds is 2. The molecule has 1 atom stereocenters. The second-order valence-electron chi connectivity index (χ2n) is 6.17. The fourth-order valence-corrected chi connectivity index (χ4v) is 3.54. The molecule has 7 heteroatoms. The van der Waals surface area contributed by atoms with Gasteiger partial charge in [-0.3, -0.25) is 9.97 Å². The Balaban J connectivity index is 2.05. The predicted molar refractivity (Wildman–Crippen MR) is 88.7 cm³/mol. The van der Waals surface area contributed by atoms with E-state index in [0.29, 0.717) is 5.56 Å². The number of halogens is 4. The highest BCUT2D eigenvalue weighted by Crippen LogP contribution is 2.55. The van der Waals surface area contributed by atoms with Crippen LogP contribution in [-0.2, 0) is 11.8 Å². The molecule has 3 heterocycles. The second-order valence-corrected chi connectivity index (χ2v) is 6.17. The highest BCUT2D eigenvalue weighted by atomic mass is 19.4. The van der Waals surface area contributed by atoms with Crippen molar-refractivity contribution >= 4 is 11.4 Å². The molecule has 132 valence electrons. The summed E-state index contributed by atoms with van der Waals surface area (Å²) < 4.78 is 57.7. The van der Waals surface area contributed by atoms with E-state index in [1.807, 2.05) is 0 Å². The summed E-state index contributed by atoms with van der Waals surface area (Å²) in [5.41, 5.74) is -1.57. The Bertz CT molecular complexity index is 956. The number of pyridine rings is 2. The van der Waals surface area contributed by atoms with Crippen molar-refractivity contribution in [1.82, 2.24) is 9.97 Å². The molecule has 3 aromatic rings. The first-order valence-electron chi connectivity index (χ1n) is 7.89. The summed E-state index contributed by atoms with van der Waals surface area (Å²) in [5, 5.41) is 2.94. The van der Waals surface area contributed by atoms with Gasteiger partial charge in [-0.2, -0.15) is 13.2 Å². The van der Waals surface area contributed by atoms with Crippen LogP contribution < -0.4 is 5.32 Å². The molecule has 0 saturated carbocycles. The summed E-state index contributed by atoms with van der Waals surface area (Å²) in [6.07, 6.45) is 0.540. The molecule has 1 unspecified atom stereocenters. The largest absolute Gasteiger partial charge is 0.402 e. The van der Waals surface area contributed by atoms with Crippen LogP contribution in [0.25, 0.3) is 0 Å². The van der Waals surface area contributed by atoms with Crippen molar-refractivity contribution in [3.05, 3.63) is 83.7 Å². The Labute approximate surface area is 146 Å². The number of nitrogens with zero attached hydrogens (tertiary/aromatic N) is 2. The van der Waals surface area contributed by atoms with E-state index < -0.39 is 17.4 Å². The van der Waals surface area contributed by atoms with Crippen molar-refractivity contribution < 1.29 is 17.6 Å². The number of hydrogen-bond donors (Lipinski definition) is 1. The molecule has 0 aliphatic carbocycles. The van der Waals surface area contributed by atoms with E-state index in [-0.39, 0.29) is 28.9 Å². The van der Waals surface area contributed by atoms with Gasteiger partial charge >= 0.3 is 6.18 Å². The standard InChI is InChI=1S/C19H13F4N3/c20-13-1-2-16-15(9-13)18(19(21,22)23,10-12-3-6-24-7-4-12)14-5-8-25-11-17(14)26-16/h1-9,11,26H,10H2. The minimum atomic E-state index is -4.66. The molecule has 0 fully saturated rings. The maximum absolute atomic E-state index is 14.6. The zero-order valence-electron chi connectivity index (χ0n) is 13.4. The van der Waals surface area contributed by atoms with Crippen LogP contribution in [-0.4, -0.2) is 16.1 Å². The third kappa shape index (κ3) is 2.42. The van der Waals surface area contributed by atoms with E-state index in [1.165, 1.54) is 49.1 Å². The lowest BCUT2D eigenvalue weighted by atomic mass is 9.67. The SMILES string of the molecule is Fc1ccc2c(c1)C(Cc1ccncc1)(C(F)(F)F)c1ccncc1N2. The lowest BCUT2D eigenvalue weighted by molar-refractivity contribution is -0.178. The van der Waals surface area contributed by atoms with E-state index in [9.17, 15) is 17.6 Å². The van der Waals surface area contributed by atoms with Crippen LogP contribution in [0.2, 0.25) is 0 Å². The Kier molecular flexibility index (Phi) is 3.68. The van der Waals surface area contributed by atoms with Gasteiger partial charge in [0.2, 0.25) is 0 Å². The first-order chi connectivity index (χ1) is 12.4. The van der Waals surface area contributed by atoms with Gasteiger partial charge in [0.15, 0.2) is 0 Å². The van der Waals surface area contributed by atoms with Gasteiger partial charge in [-0.25, -0.2) is 4.39 Å². The van der Waals surface area contributed by atoms with E-state index >= 15 is 0 Å². The maximum atomic E-state index is 14.6. The average Bonchev–Trinajstić information content (AvgIpc) is 2.62. The van der Waals surface area contributed by atoms with Crippen LogP contribution in [0.5, 0.6) is 0 Å². The lowest BCUT2D eigenvalue weighted by Crippen LogP contribution is -2.47. The number of nitrogens with one attached hydrogen (secondary N) is 1. The molecule has 3 nitrogen and oxygen atoms in total. The number of fused-ring (bicyclic) bond motifs is 2. The molecule has 4 rings (SSSR count). The third-order valence-corrected chi connectivity index (χ3v) is 4.69. The van der Waals surface area contributed by atoms with Crippen LogP contribution in [0.15, 0.2) is 61.2 Å². The van der Waals surface area contributed by atoms with E-state index in [0.717, 1.165) is 12.1 Å². The first kappa shape index (κ1) is 16.5. The van der Waals surface area contributed by atoms with E-state index in [2.05, 4.69) is 15.3 Å². The zero-order chi connectivity index (χ0) is 18.4. The highest BCUT2D eigenvalue weighted by molar-refractivity contribution is 5.76.